The molecule has 0 saturated heterocycles. The molecule has 0 unspecified atom stereocenters. The van der Waals surface area contributed by atoms with Crippen LogP contribution in [0.1, 0.15) is 34.7 Å². The van der Waals surface area contributed by atoms with E-state index >= 15 is 0 Å². The summed E-state index contributed by atoms with van der Waals surface area (Å²) in [6.07, 6.45) is 0. The van der Waals surface area contributed by atoms with E-state index in [1.165, 1.54) is 12.5 Å². The third kappa shape index (κ3) is 4.94. The third-order valence-electron chi connectivity index (χ3n) is 5.45. The minimum Gasteiger partial charge on any atom is -0.496 e. The first-order valence-electron chi connectivity index (χ1n) is 10.8. The van der Waals surface area contributed by atoms with Crippen LogP contribution < -0.4 is 20.1 Å². The van der Waals surface area contributed by atoms with Crippen LogP contribution in [0.25, 0.3) is 5.57 Å². The normalized spacial score (nSPS) is 12.6. The zero-order valence-corrected chi connectivity index (χ0v) is 20.3. The average molecular weight is 475 g/mol. The fourth-order valence-corrected chi connectivity index (χ4v) is 5.12. The standard InChI is InChI=1S/C27H26N2O4S/c1-16-13-20(14-17(2)25(16)33-18(3)30)28-27(31)29-26-24(22-11-7-8-12-23(22)32-4)21-10-6-5-9-19(21)15-34-26/h5-14H,15H2,1-4H3,(H2,28,29,31). The van der Waals surface area contributed by atoms with Gasteiger partial charge in [-0.15, -0.1) is 11.8 Å². The number of anilines is 1. The molecular weight excluding hydrogens is 448 g/mol. The lowest BCUT2D eigenvalue weighted by molar-refractivity contribution is -0.131. The van der Waals surface area contributed by atoms with Crippen LogP contribution in [0.5, 0.6) is 11.5 Å². The number of thioether (sulfide) groups is 1. The summed E-state index contributed by atoms with van der Waals surface area (Å²) in [6.45, 7) is 5.04. The molecule has 0 bridgehead atoms. The minimum absolute atomic E-state index is 0.353. The van der Waals surface area contributed by atoms with Crippen LogP contribution in [0.4, 0.5) is 10.5 Å². The summed E-state index contributed by atoms with van der Waals surface area (Å²) in [5, 5.41) is 6.71. The topological polar surface area (TPSA) is 76.7 Å². The molecule has 0 aromatic heterocycles. The Labute approximate surface area is 203 Å². The van der Waals surface area contributed by atoms with E-state index in [9.17, 15) is 9.59 Å². The van der Waals surface area contributed by atoms with E-state index in [0.717, 1.165) is 44.4 Å². The van der Waals surface area contributed by atoms with Crippen LogP contribution in [0, 0.1) is 13.8 Å². The Morgan fingerprint density at radius 3 is 2.24 bits per heavy atom. The number of fused-ring (bicyclic) bond motifs is 1. The molecule has 1 heterocycles. The molecule has 174 valence electrons. The molecule has 0 radical (unpaired) electrons. The molecule has 3 aromatic rings. The summed E-state index contributed by atoms with van der Waals surface area (Å²) in [7, 11) is 1.64. The molecule has 0 fully saturated rings. The molecule has 2 amide bonds. The molecule has 0 aliphatic carbocycles. The van der Waals surface area contributed by atoms with Crippen LogP contribution in [-0.2, 0) is 10.5 Å². The first-order valence-corrected chi connectivity index (χ1v) is 11.8. The molecule has 0 spiro atoms. The van der Waals surface area contributed by atoms with Gasteiger partial charge >= 0.3 is 12.0 Å². The highest BCUT2D eigenvalue weighted by Crippen LogP contribution is 2.42. The number of hydrogen-bond donors (Lipinski definition) is 2. The first kappa shape index (κ1) is 23.4. The average Bonchev–Trinajstić information content (AvgIpc) is 2.81. The molecule has 3 aromatic carbocycles. The Morgan fingerprint density at radius 1 is 0.912 bits per heavy atom. The Balaban J connectivity index is 1.67. The Morgan fingerprint density at radius 2 is 1.56 bits per heavy atom. The summed E-state index contributed by atoms with van der Waals surface area (Å²) in [6, 6.07) is 19.2. The number of para-hydroxylation sites is 1. The summed E-state index contributed by atoms with van der Waals surface area (Å²) in [4.78, 5) is 24.4. The van der Waals surface area contributed by atoms with E-state index in [2.05, 4.69) is 22.8 Å². The quantitative estimate of drug-likeness (QED) is 0.349. The van der Waals surface area contributed by atoms with Crippen molar-refractivity contribution < 1.29 is 19.1 Å². The summed E-state index contributed by atoms with van der Waals surface area (Å²) < 4.78 is 10.9. The number of ether oxygens (including phenoxy) is 2. The van der Waals surface area contributed by atoms with Gasteiger partial charge < -0.3 is 20.1 Å². The Kier molecular flexibility index (Phi) is 6.93. The summed E-state index contributed by atoms with van der Waals surface area (Å²) in [5.41, 5.74) is 6.25. The number of hydrogen-bond acceptors (Lipinski definition) is 5. The van der Waals surface area contributed by atoms with Crippen molar-refractivity contribution in [2.45, 2.75) is 26.5 Å². The number of rotatable bonds is 5. The zero-order valence-electron chi connectivity index (χ0n) is 19.5. The van der Waals surface area contributed by atoms with E-state index in [0.29, 0.717) is 11.4 Å². The molecule has 1 aliphatic heterocycles. The van der Waals surface area contributed by atoms with Gasteiger partial charge in [0.2, 0.25) is 0 Å². The van der Waals surface area contributed by atoms with Gasteiger partial charge in [0.05, 0.1) is 12.1 Å². The smallest absolute Gasteiger partial charge is 0.324 e. The minimum atomic E-state index is -0.380. The van der Waals surface area contributed by atoms with Gasteiger partial charge in [-0.3, -0.25) is 4.79 Å². The monoisotopic (exact) mass is 474 g/mol. The van der Waals surface area contributed by atoms with E-state index in [1.54, 1.807) is 31.0 Å². The van der Waals surface area contributed by atoms with Crippen LogP contribution in [0.2, 0.25) is 0 Å². The molecule has 4 rings (SSSR count). The summed E-state index contributed by atoms with van der Waals surface area (Å²) in [5.74, 6) is 1.62. The van der Waals surface area contributed by atoms with Crippen LogP contribution in [-0.4, -0.2) is 19.1 Å². The van der Waals surface area contributed by atoms with Gasteiger partial charge in [-0.25, -0.2) is 4.79 Å². The number of aryl methyl sites for hydroxylation is 2. The number of urea groups is 1. The maximum atomic E-state index is 13.0. The van der Waals surface area contributed by atoms with Crippen molar-refractivity contribution in [3.63, 3.8) is 0 Å². The third-order valence-corrected chi connectivity index (χ3v) is 6.50. The largest absolute Gasteiger partial charge is 0.496 e. The number of nitrogens with one attached hydrogen (secondary N) is 2. The highest BCUT2D eigenvalue weighted by Gasteiger charge is 2.24. The van der Waals surface area contributed by atoms with Crippen LogP contribution in [0.15, 0.2) is 65.7 Å². The second kappa shape index (κ2) is 10.1. The number of esters is 1. The molecule has 6 nitrogen and oxygen atoms in total. The van der Waals surface area contributed by atoms with Crippen molar-refractivity contribution in [1.29, 1.82) is 0 Å². The predicted molar refractivity (Wildman–Crippen MR) is 136 cm³/mol. The molecular formula is C27H26N2O4S. The zero-order chi connectivity index (χ0) is 24.2. The van der Waals surface area contributed by atoms with Crippen molar-refractivity contribution in [2.75, 3.05) is 12.4 Å². The van der Waals surface area contributed by atoms with Crippen molar-refractivity contribution >= 4 is 35.0 Å². The van der Waals surface area contributed by atoms with Gasteiger partial charge in [0, 0.05) is 29.5 Å². The van der Waals surface area contributed by atoms with E-state index in [4.69, 9.17) is 9.47 Å². The fraction of sp³-hybridized carbons (Fsp3) is 0.185. The van der Waals surface area contributed by atoms with Gasteiger partial charge in [0.1, 0.15) is 11.5 Å². The van der Waals surface area contributed by atoms with Gasteiger partial charge in [0.25, 0.3) is 0 Å². The fourth-order valence-electron chi connectivity index (χ4n) is 4.04. The number of carbonyl (C=O) groups excluding carboxylic acids is 2. The van der Waals surface area contributed by atoms with Crippen LogP contribution >= 0.6 is 11.8 Å². The number of methoxy groups -OCH3 is 1. The highest BCUT2D eigenvalue weighted by molar-refractivity contribution is 8.02. The van der Waals surface area contributed by atoms with Gasteiger partial charge in [0.15, 0.2) is 0 Å². The van der Waals surface area contributed by atoms with Crippen molar-refractivity contribution in [3.8, 4) is 11.5 Å². The molecule has 0 atom stereocenters. The first-order chi connectivity index (χ1) is 16.4. The second-order valence-corrected chi connectivity index (χ2v) is 8.95. The number of amides is 2. The van der Waals surface area contributed by atoms with E-state index in [-0.39, 0.29) is 12.0 Å². The Bertz CT molecular complexity index is 1280. The SMILES string of the molecule is COc1ccccc1C1=C(NC(=O)Nc2cc(C)c(OC(C)=O)c(C)c2)SCc2ccccc21. The molecule has 1 aliphatic rings. The molecule has 0 saturated carbocycles. The lowest BCUT2D eigenvalue weighted by Crippen LogP contribution is -2.29. The molecule has 7 heteroatoms. The number of benzene rings is 3. The summed E-state index contributed by atoms with van der Waals surface area (Å²) >= 11 is 1.58. The lowest BCUT2D eigenvalue weighted by atomic mass is 9.94. The second-order valence-electron chi connectivity index (χ2n) is 7.96. The highest BCUT2D eigenvalue weighted by atomic mass is 32.2. The predicted octanol–water partition coefficient (Wildman–Crippen LogP) is 6.02. The maximum absolute atomic E-state index is 13.0. The maximum Gasteiger partial charge on any atom is 0.324 e. The van der Waals surface area contributed by atoms with Crippen molar-refractivity contribution in [2.24, 2.45) is 0 Å². The lowest BCUT2D eigenvalue weighted by Gasteiger charge is -2.25. The number of carbonyl (C=O) groups is 2. The van der Waals surface area contributed by atoms with E-state index in [1.807, 2.05) is 50.2 Å². The van der Waals surface area contributed by atoms with E-state index < -0.39 is 0 Å². The van der Waals surface area contributed by atoms with Crippen molar-refractivity contribution in [3.05, 3.63) is 93.5 Å². The van der Waals surface area contributed by atoms with Gasteiger partial charge in [-0.1, -0.05) is 42.5 Å². The van der Waals surface area contributed by atoms with Crippen molar-refractivity contribution in [1.82, 2.24) is 5.32 Å². The van der Waals surface area contributed by atoms with Crippen LogP contribution in [0.3, 0.4) is 0 Å². The molecule has 34 heavy (non-hydrogen) atoms. The van der Waals surface area contributed by atoms with Gasteiger partial charge in [-0.05, 0) is 54.3 Å². The molecule has 2 N–H and O–H groups in total. The van der Waals surface area contributed by atoms with Gasteiger partial charge in [-0.2, -0.15) is 0 Å². The Hall–Kier alpha value is -3.71.